The Labute approximate surface area is 121 Å². The maximum absolute atomic E-state index is 12.0. The summed E-state index contributed by atoms with van der Waals surface area (Å²) in [7, 11) is 0. The van der Waals surface area contributed by atoms with Crippen LogP contribution in [0.3, 0.4) is 0 Å². The molecule has 0 aliphatic heterocycles. The first-order valence-corrected chi connectivity index (χ1v) is 6.45. The zero-order valence-electron chi connectivity index (χ0n) is 11.8. The predicted molar refractivity (Wildman–Crippen MR) is 75.1 cm³/mol. The van der Waals surface area contributed by atoms with Crippen LogP contribution in [-0.4, -0.2) is 37.8 Å². The average Bonchev–Trinajstić information content (AvgIpc) is 2.87. The Morgan fingerprint density at radius 1 is 1.38 bits per heavy atom. The molecule has 0 spiro atoms. The lowest BCUT2D eigenvalue weighted by atomic mass is 10.2. The number of aromatic carboxylic acids is 1. The highest BCUT2D eigenvalue weighted by Crippen LogP contribution is 2.01. The van der Waals surface area contributed by atoms with Gasteiger partial charge in [0.2, 0.25) is 0 Å². The SMILES string of the molecule is Cc1ccc(C(=O)NC(C)Cn2cc(C(=O)O)cn2)nc1. The molecule has 0 aliphatic carbocycles. The van der Waals surface area contributed by atoms with Crippen LogP contribution in [0, 0.1) is 6.92 Å². The first kappa shape index (κ1) is 14.7. The molecule has 2 rings (SSSR count). The number of rotatable bonds is 5. The zero-order valence-corrected chi connectivity index (χ0v) is 11.8. The van der Waals surface area contributed by atoms with Crippen LogP contribution in [0.5, 0.6) is 0 Å². The van der Waals surface area contributed by atoms with Gasteiger partial charge in [0.25, 0.3) is 5.91 Å². The molecule has 2 heterocycles. The predicted octanol–water partition coefficient (Wildman–Crippen LogP) is 1.10. The summed E-state index contributed by atoms with van der Waals surface area (Å²) in [6.45, 7) is 4.09. The van der Waals surface area contributed by atoms with E-state index in [2.05, 4.69) is 15.4 Å². The van der Waals surface area contributed by atoms with Crippen molar-refractivity contribution in [1.82, 2.24) is 20.1 Å². The molecule has 1 unspecified atom stereocenters. The van der Waals surface area contributed by atoms with E-state index in [0.717, 1.165) is 5.56 Å². The molecule has 0 fully saturated rings. The minimum atomic E-state index is -1.03. The fourth-order valence-electron chi connectivity index (χ4n) is 1.80. The Hall–Kier alpha value is -2.70. The second-order valence-electron chi connectivity index (χ2n) is 4.85. The highest BCUT2D eigenvalue weighted by Gasteiger charge is 2.13. The van der Waals surface area contributed by atoms with Crippen molar-refractivity contribution in [2.24, 2.45) is 0 Å². The van der Waals surface area contributed by atoms with Gasteiger partial charge in [-0.05, 0) is 25.5 Å². The number of nitrogens with zero attached hydrogens (tertiary/aromatic N) is 3. The summed E-state index contributed by atoms with van der Waals surface area (Å²) >= 11 is 0. The van der Waals surface area contributed by atoms with Crippen LogP contribution in [0.15, 0.2) is 30.7 Å². The standard InChI is InChI=1S/C14H16N4O3/c1-9-3-4-12(15-5-9)13(19)17-10(2)7-18-8-11(6-16-18)14(20)21/h3-6,8,10H,7H2,1-2H3,(H,17,19)(H,20,21). The summed E-state index contributed by atoms with van der Waals surface area (Å²) in [6.07, 6.45) is 4.33. The van der Waals surface area contributed by atoms with Crippen molar-refractivity contribution < 1.29 is 14.7 Å². The number of carboxylic acid groups (broad SMARTS) is 1. The van der Waals surface area contributed by atoms with Crippen molar-refractivity contribution >= 4 is 11.9 Å². The van der Waals surface area contributed by atoms with E-state index in [1.165, 1.54) is 17.1 Å². The van der Waals surface area contributed by atoms with Gasteiger partial charge in [-0.25, -0.2) is 4.79 Å². The van der Waals surface area contributed by atoms with Gasteiger partial charge >= 0.3 is 5.97 Å². The minimum absolute atomic E-state index is 0.119. The van der Waals surface area contributed by atoms with Crippen LogP contribution in [-0.2, 0) is 6.54 Å². The highest BCUT2D eigenvalue weighted by molar-refractivity contribution is 5.92. The van der Waals surface area contributed by atoms with Crippen molar-refractivity contribution in [3.63, 3.8) is 0 Å². The number of hydrogen-bond acceptors (Lipinski definition) is 4. The zero-order chi connectivity index (χ0) is 15.4. The number of aryl methyl sites for hydroxylation is 1. The molecular weight excluding hydrogens is 272 g/mol. The number of carboxylic acids is 1. The second-order valence-corrected chi connectivity index (χ2v) is 4.85. The molecule has 1 amide bonds. The Morgan fingerprint density at radius 2 is 2.14 bits per heavy atom. The maximum Gasteiger partial charge on any atom is 0.338 e. The number of carbonyl (C=O) groups is 2. The fraction of sp³-hybridized carbons (Fsp3) is 0.286. The van der Waals surface area contributed by atoms with E-state index in [4.69, 9.17) is 5.11 Å². The van der Waals surface area contributed by atoms with Gasteiger partial charge in [0.05, 0.1) is 18.3 Å². The van der Waals surface area contributed by atoms with E-state index in [1.807, 2.05) is 19.9 Å². The molecule has 0 radical (unpaired) electrons. The average molecular weight is 288 g/mol. The van der Waals surface area contributed by atoms with E-state index in [0.29, 0.717) is 12.2 Å². The summed E-state index contributed by atoms with van der Waals surface area (Å²) in [5, 5.41) is 15.5. The molecule has 110 valence electrons. The smallest absolute Gasteiger partial charge is 0.338 e. The third-order valence-corrected chi connectivity index (χ3v) is 2.86. The number of aromatic nitrogens is 3. The minimum Gasteiger partial charge on any atom is -0.478 e. The second kappa shape index (κ2) is 6.17. The molecule has 2 aromatic rings. The number of pyridine rings is 1. The molecular formula is C14H16N4O3. The number of carbonyl (C=O) groups excluding carboxylic acids is 1. The maximum atomic E-state index is 12.0. The molecule has 0 aromatic carbocycles. The lowest BCUT2D eigenvalue weighted by Crippen LogP contribution is -2.36. The number of amides is 1. The molecule has 1 atom stereocenters. The van der Waals surface area contributed by atoms with Crippen LogP contribution in [0.1, 0.15) is 33.3 Å². The van der Waals surface area contributed by atoms with Gasteiger partial charge < -0.3 is 10.4 Å². The quantitative estimate of drug-likeness (QED) is 0.858. The topological polar surface area (TPSA) is 97.1 Å². The number of hydrogen-bond donors (Lipinski definition) is 2. The third-order valence-electron chi connectivity index (χ3n) is 2.86. The summed E-state index contributed by atoms with van der Waals surface area (Å²) < 4.78 is 1.48. The molecule has 0 aliphatic rings. The molecule has 0 bridgehead atoms. The first-order valence-electron chi connectivity index (χ1n) is 6.45. The summed E-state index contributed by atoms with van der Waals surface area (Å²) in [5.41, 5.74) is 1.45. The summed E-state index contributed by atoms with van der Waals surface area (Å²) in [5.74, 6) is -1.30. The first-order chi connectivity index (χ1) is 9.95. The third kappa shape index (κ3) is 3.88. The van der Waals surface area contributed by atoms with Crippen molar-refractivity contribution in [3.8, 4) is 0 Å². The van der Waals surface area contributed by atoms with Crippen LogP contribution in [0.25, 0.3) is 0 Å². The van der Waals surface area contributed by atoms with Gasteiger partial charge in [0.1, 0.15) is 5.69 Å². The van der Waals surface area contributed by atoms with Gasteiger partial charge in [-0.1, -0.05) is 6.07 Å². The molecule has 7 nitrogen and oxygen atoms in total. The Bertz CT molecular complexity index is 648. The van der Waals surface area contributed by atoms with E-state index in [9.17, 15) is 9.59 Å². The molecule has 2 N–H and O–H groups in total. The molecule has 0 saturated carbocycles. The summed E-state index contributed by atoms with van der Waals surface area (Å²) in [6, 6.07) is 3.27. The van der Waals surface area contributed by atoms with Gasteiger partial charge in [0, 0.05) is 18.4 Å². The van der Waals surface area contributed by atoms with E-state index in [-0.39, 0.29) is 17.5 Å². The van der Waals surface area contributed by atoms with Gasteiger partial charge in [-0.3, -0.25) is 14.5 Å². The van der Waals surface area contributed by atoms with Crippen molar-refractivity contribution in [1.29, 1.82) is 0 Å². The Morgan fingerprint density at radius 3 is 2.71 bits per heavy atom. The van der Waals surface area contributed by atoms with Gasteiger partial charge in [-0.15, -0.1) is 0 Å². The van der Waals surface area contributed by atoms with E-state index < -0.39 is 5.97 Å². The van der Waals surface area contributed by atoms with Crippen LogP contribution in [0.2, 0.25) is 0 Å². The summed E-state index contributed by atoms with van der Waals surface area (Å²) in [4.78, 5) is 26.8. The van der Waals surface area contributed by atoms with Crippen LogP contribution >= 0.6 is 0 Å². The lowest BCUT2D eigenvalue weighted by molar-refractivity contribution is 0.0696. The van der Waals surface area contributed by atoms with Gasteiger partial charge in [0.15, 0.2) is 0 Å². The monoisotopic (exact) mass is 288 g/mol. The van der Waals surface area contributed by atoms with Gasteiger partial charge in [-0.2, -0.15) is 5.10 Å². The van der Waals surface area contributed by atoms with Crippen molar-refractivity contribution in [2.75, 3.05) is 0 Å². The van der Waals surface area contributed by atoms with Crippen molar-refractivity contribution in [3.05, 3.63) is 47.5 Å². The lowest BCUT2D eigenvalue weighted by Gasteiger charge is -2.13. The Balaban J connectivity index is 1.94. The van der Waals surface area contributed by atoms with Crippen molar-refractivity contribution in [2.45, 2.75) is 26.4 Å². The number of nitrogens with one attached hydrogen (secondary N) is 1. The Kier molecular flexibility index (Phi) is 4.32. The largest absolute Gasteiger partial charge is 0.478 e. The van der Waals surface area contributed by atoms with Crippen LogP contribution < -0.4 is 5.32 Å². The van der Waals surface area contributed by atoms with Crippen LogP contribution in [0.4, 0.5) is 0 Å². The molecule has 2 aromatic heterocycles. The molecule has 21 heavy (non-hydrogen) atoms. The fourth-order valence-corrected chi connectivity index (χ4v) is 1.80. The van der Waals surface area contributed by atoms with E-state index in [1.54, 1.807) is 12.3 Å². The normalized spacial score (nSPS) is 11.9. The van der Waals surface area contributed by atoms with E-state index >= 15 is 0 Å². The molecule has 7 heteroatoms. The molecule has 0 saturated heterocycles. The highest BCUT2D eigenvalue weighted by atomic mass is 16.4.